The fourth-order valence-corrected chi connectivity index (χ4v) is 8.25. The lowest BCUT2D eigenvalue weighted by Gasteiger charge is -2.35. The highest BCUT2D eigenvalue weighted by Crippen LogP contribution is 2.36. The summed E-state index contributed by atoms with van der Waals surface area (Å²) in [4.78, 5) is 81.7. The molecule has 2 aliphatic heterocycles. The van der Waals surface area contributed by atoms with E-state index in [9.17, 15) is 24.3 Å². The van der Waals surface area contributed by atoms with E-state index >= 15 is 0 Å². The largest absolute Gasteiger partial charge is 0.465 e. The second-order valence-electron chi connectivity index (χ2n) is 16.8. The maximum absolute atomic E-state index is 13.8. The van der Waals surface area contributed by atoms with Crippen molar-refractivity contribution < 1.29 is 29.0 Å². The fraction of sp³-hybridized carbons (Fsp3) is 0.442. The van der Waals surface area contributed by atoms with Crippen LogP contribution >= 0.6 is 0 Å². The Kier molecular flexibility index (Phi) is 11.4. The molecule has 5 heterocycles. The summed E-state index contributed by atoms with van der Waals surface area (Å²) < 4.78 is 4.80. The molecule has 0 aliphatic carbocycles. The molecule has 2 fully saturated rings. The number of H-pyrrole nitrogens is 2. The van der Waals surface area contributed by atoms with Crippen LogP contribution in [0.5, 0.6) is 0 Å². The highest BCUT2D eigenvalue weighted by atomic mass is 16.5. The number of nitrogens with one attached hydrogen (secondary N) is 3. The van der Waals surface area contributed by atoms with Crippen molar-refractivity contribution in [3.05, 3.63) is 72.7 Å². The molecular weight excluding hydrogens is 753 g/mol. The van der Waals surface area contributed by atoms with Gasteiger partial charge in [0.2, 0.25) is 11.8 Å². The highest BCUT2D eigenvalue weighted by molar-refractivity contribution is 5.88. The van der Waals surface area contributed by atoms with Crippen molar-refractivity contribution in [3.8, 4) is 33.8 Å². The van der Waals surface area contributed by atoms with Crippen molar-refractivity contribution >= 4 is 35.0 Å². The number of rotatable bonds is 10. The highest BCUT2D eigenvalue weighted by Gasteiger charge is 2.42. The number of benzene rings is 2. The minimum absolute atomic E-state index is 0.170. The summed E-state index contributed by atoms with van der Waals surface area (Å²) in [5, 5.41) is 12.3. The second-order valence-corrected chi connectivity index (χ2v) is 16.8. The molecule has 4 N–H and O–H groups in total. The standard InChI is InChI=1S/C43H52N10O6/c1-24(2)35(51(6)42(57)58)39(54)52-18-8-10-33(52)37-45-22-31(48-37)26-14-12-25(13-15-26)30-21-44-29-20-27(16-17-28(29)47-30)32-23-46-38(49-32)34-11-9-19-53(34)40(55)36(43(3,4)5)50-41(56)59-7/h12-17,20-24,33-36H,8-11,18-19H2,1-7H3,(H,45,48)(H,46,49)(H,50,56)(H,57,58)/t33-,34-,35-,36-/m0/s1. The van der Waals surface area contributed by atoms with Gasteiger partial charge < -0.3 is 34.9 Å². The minimum atomic E-state index is -1.13. The van der Waals surface area contributed by atoms with Gasteiger partial charge in [0.1, 0.15) is 23.7 Å². The second kappa shape index (κ2) is 16.5. The molecule has 2 aliphatic rings. The van der Waals surface area contributed by atoms with Crippen molar-refractivity contribution in [2.24, 2.45) is 11.3 Å². The smallest absolute Gasteiger partial charge is 0.407 e. The van der Waals surface area contributed by atoms with Gasteiger partial charge in [-0.15, -0.1) is 0 Å². The van der Waals surface area contributed by atoms with E-state index in [-0.39, 0.29) is 29.8 Å². The molecule has 16 nitrogen and oxygen atoms in total. The molecule has 310 valence electrons. The average molecular weight is 805 g/mol. The number of alkyl carbamates (subject to hydrolysis) is 1. The number of carbonyl (C=O) groups excluding carboxylic acids is 3. The van der Waals surface area contributed by atoms with Crippen molar-refractivity contribution in [2.45, 2.75) is 84.5 Å². The Balaban J connectivity index is 1.03. The number of ether oxygens (including phenoxy) is 1. The van der Waals surface area contributed by atoms with Crippen molar-refractivity contribution in [3.63, 3.8) is 0 Å². The normalized spacial score (nSPS) is 18.0. The van der Waals surface area contributed by atoms with E-state index in [1.807, 2.05) is 77.1 Å². The summed E-state index contributed by atoms with van der Waals surface area (Å²) in [5.74, 6) is 0.802. The molecule has 0 saturated carbocycles. The van der Waals surface area contributed by atoms with Crippen LogP contribution in [0.1, 0.15) is 84.0 Å². The zero-order valence-electron chi connectivity index (χ0n) is 34.5. The topological polar surface area (TPSA) is 203 Å². The number of hydrogen-bond donors (Lipinski definition) is 4. The first-order valence-corrected chi connectivity index (χ1v) is 20.0. The van der Waals surface area contributed by atoms with E-state index in [2.05, 4.69) is 25.3 Å². The Bertz CT molecular complexity index is 2350. The maximum atomic E-state index is 13.8. The predicted octanol–water partition coefficient (Wildman–Crippen LogP) is 6.81. The van der Waals surface area contributed by atoms with Crippen LogP contribution in [0.2, 0.25) is 0 Å². The van der Waals surface area contributed by atoms with Crippen LogP contribution in [-0.4, -0.2) is 113 Å². The van der Waals surface area contributed by atoms with Gasteiger partial charge in [0.15, 0.2) is 0 Å². The number of carbonyl (C=O) groups is 4. The van der Waals surface area contributed by atoms with E-state index in [4.69, 9.17) is 14.7 Å². The van der Waals surface area contributed by atoms with Crippen LogP contribution in [-0.2, 0) is 14.3 Å². The molecule has 0 spiro atoms. The number of carboxylic acid groups (broad SMARTS) is 1. The number of fused-ring (bicyclic) bond motifs is 1. The third-order valence-electron chi connectivity index (χ3n) is 11.4. The van der Waals surface area contributed by atoms with Gasteiger partial charge in [-0.2, -0.15) is 0 Å². The summed E-state index contributed by atoms with van der Waals surface area (Å²) in [6.07, 6.45) is 6.62. The zero-order chi connectivity index (χ0) is 42.2. The van der Waals surface area contributed by atoms with E-state index in [1.165, 1.54) is 14.2 Å². The lowest BCUT2D eigenvalue weighted by atomic mass is 9.85. The molecule has 2 aromatic carbocycles. The van der Waals surface area contributed by atoms with Crippen LogP contribution in [0.4, 0.5) is 9.59 Å². The van der Waals surface area contributed by atoms with E-state index in [0.29, 0.717) is 24.7 Å². The third-order valence-corrected chi connectivity index (χ3v) is 11.4. The van der Waals surface area contributed by atoms with Gasteiger partial charge in [0, 0.05) is 31.3 Å². The number of hydrogen-bond acceptors (Lipinski definition) is 9. The molecule has 4 amide bonds. The van der Waals surface area contributed by atoms with Gasteiger partial charge >= 0.3 is 12.2 Å². The predicted molar refractivity (Wildman–Crippen MR) is 221 cm³/mol. The maximum Gasteiger partial charge on any atom is 0.407 e. The van der Waals surface area contributed by atoms with Crippen LogP contribution in [0.3, 0.4) is 0 Å². The summed E-state index contributed by atoms with van der Waals surface area (Å²) in [5.41, 5.74) is 5.95. The number of amides is 4. The molecule has 3 aromatic heterocycles. The molecule has 4 atom stereocenters. The van der Waals surface area contributed by atoms with Gasteiger partial charge in [0.25, 0.3) is 0 Å². The number of imidazole rings is 2. The first-order chi connectivity index (χ1) is 28.1. The van der Waals surface area contributed by atoms with Crippen LogP contribution in [0.15, 0.2) is 61.1 Å². The average Bonchev–Trinajstić information content (AvgIpc) is 4.05. The Morgan fingerprint density at radius 3 is 1.93 bits per heavy atom. The molecule has 0 radical (unpaired) electrons. The number of methoxy groups -OCH3 is 1. The lowest BCUT2D eigenvalue weighted by Crippen LogP contribution is -2.54. The molecule has 16 heteroatoms. The molecule has 5 aromatic rings. The number of aromatic nitrogens is 6. The zero-order valence-corrected chi connectivity index (χ0v) is 34.5. The number of likely N-dealkylation sites (tertiary alicyclic amines) is 2. The molecule has 0 bridgehead atoms. The summed E-state index contributed by atoms with van der Waals surface area (Å²) in [6, 6.07) is 11.8. The van der Waals surface area contributed by atoms with E-state index < -0.39 is 29.7 Å². The summed E-state index contributed by atoms with van der Waals surface area (Å²) in [6.45, 7) is 10.6. The Morgan fingerprint density at radius 2 is 1.37 bits per heavy atom. The van der Waals surface area contributed by atoms with Crippen molar-refractivity contribution in [1.82, 2.24) is 49.9 Å². The monoisotopic (exact) mass is 804 g/mol. The first kappa shape index (κ1) is 40.9. The van der Waals surface area contributed by atoms with Gasteiger partial charge in [0.05, 0.1) is 65.9 Å². The van der Waals surface area contributed by atoms with Crippen LogP contribution in [0, 0.1) is 11.3 Å². The van der Waals surface area contributed by atoms with Crippen molar-refractivity contribution in [1.29, 1.82) is 0 Å². The molecule has 59 heavy (non-hydrogen) atoms. The van der Waals surface area contributed by atoms with E-state index in [1.54, 1.807) is 28.4 Å². The number of aromatic amines is 2. The molecule has 7 rings (SSSR count). The van der Waals surface area contributed by atoms with Gasteiger partial charge in [-0.25, -0.2) is 24.5 Å². The van der Waals surface area contributed by atoms with Gasteiger partial charge in [-0.05, 0) is 54.7 Å². The number of nitrogens with zero attached hydrogens (tertiary/aromatic N) is 7. The van der Waals surface area contributed by atoms with Gasteiger partial charge in [-0.3, -0.25) is 19.5 Å². The van der Waals surface area contributed by atoms with Gasteiger partial charge in [-0.1, -0.05) is 65.0 Å². The molecular formula is C43H52N10O6. The summed E-state index contributed by atoms with van der Waals surface area (Å²) >= 11 is 0. The lowest BCUT2D eigenvalue weighted by molar-refractivity contribution is -0.138. The van der Waals surface area contributed by atoms with Crippen molar-refractivity contribution in [2.75, 3.05) is 27.2 Å². The third kappa shape index (κ3) is 8.34. The Morgan fingerprint density at radius 1 is 0.814 bits per heavy atom. The number of likely N-dealkylation sites (N-methyl/N-ethyl adjacent to an activating group) is 1. The Hall–Kier alpha value is -6.32. The Labute approximate surface area is 342 Å². The first-order valence-electron chi connectivity index (χ1n) is 20.0. The SMILES string of the molecule is COC(=O)N[C@@H](C(=O)N1CCC[C@H]1c1ncc(-c2ccc3nc(-c4ccc(-c5cnc([C@@H]6CCCN6C(=O)[C@H](C(C)C)N(C)C(=O)O)[nH]5)cc4)cnc3c2)[nH]1)C(C)(C)C. The summed E-state index contributed by atoms with van der Waals surface area (Å²) in [7, 11) is 2.73. The van der Waals surface area contributed by atoms with Crippen LogP contribution in [0.25, 0.3) is 44.8 Å². The minimum Gasteiger partial charge on any atom is -0.465 e. The van der Waals surface area contributed by atoms with Crippen LogP contribution < -0.4 is 5.32 Å². The quantitative estimate of drug-likeness (QED) is 0.116. The molecule has 2 saturated heterocycles. The van der Waals surface area contributed by atoms with E-state index in [0.717, 1.165) is 75.4 Å². The fourth-order valence-electron chi connectivity index (χ4n) is 8.25. The molecule has 0 unspecified atom stereocenters.